The molecule has 0 aliphatic carbocycles. The van der Waals surface area contributed by atoms with Crippen molar-refractivity contribution >= 4 is 0 Å². The summed E-state index contributed by atoms with van der Waals surface area (Å²) in [4.78, 5) is 0. The van der Waals surface area contributed by atoms with Crippen LogP contribution in [0.4, 0.5) is 0 Å². The maximum absolute atomic E-state index is 9.49. The Bertz CT molecular complexity index is 158. The molecule has 1 fully saturated rings. The van der Waals surface area contributed by atoms with Crippen LogP contribution in [0.1, 0.15) is 6.92 Å². The fraction of sp³-hybridized carbons (Fsp3) is 0.857. The summed E-state index contributed by atoms with van der Waals surface area (Å²) in [5.74, 6) is 0. The number of rotatable bonds is 1. The fourth-order valence-corrected chi connectivity index (χ4v) is 1.08. The molecule has 0 spiro atoms. The number of ether oxygens (including phenoxy) is 1. The Morgan fingerprint density at radius 3 is 2.58 bits per heavy atom. The van der Waals surface area contributed by atoms with Gasteiger partial charge in [-0.2, -0.15) is 0 Å². The van der Waals surface area contributed by atoms with Crippen molar-refractivity contribution in [1.82, 2.24) is 0 Å². The summed E-state index contributed by atoms with van der Waals surface area (Å²) in [5.41, 5.74) is -1.66. The largest absolute Gasteiger partial charge is 0.394 e. The van der Waals surface area contributed by atoms with Crippen LogP contribution >= 0.6 is 0 Å². The second-order valence-corrected chi connectivity index (χ2v) is 3.11. The van der Waals surface area contributed by atoms with Crippen molar-refractivity contribution in [3.63, 3.8) is 0 Å². The molecule has 4 N–H and O–H groups in total. The van der Waals surface area contributed by atoms with E-state index in [9.17, 15) is 10.2 Å². The quantitative estimate of drug-likeness (QED) is 0.372. The maximum atomic E-state index is 9.49. The highest BCUT2D eigenvalue weighted by molar-refractivity contribution is 5.00. The standard InChI is InChI=1S/C7H13O5/c1-7(11)5(9)3-12-4(2-8)6(7)10/h3-6,8-11H,2H2,1H3/t4-,5+,6-,7-/m1/s1. The summed E-state index contributed by atoms with van der Waals surface area (Å²) in [5, 5.41) is 36.7. The monoisotopic (exact) mass is 177 g/mol. The lowest BCUT2D eigenvalue weighted by molar-refractivity contribution is -0.218. The predicted molar refractivity (Wildman–Crippen MR) is 38.9 cm³/mol. The molecule has 1 aliphatic rings. The van der Waals surface area contributed by atoms with Crippen molar-refractivity contribution in [2.75, 3.05) is 6.61 Å². The minimum absolute atomic E-state index is 0.402. The van der Waals surface area contributed by atoms with E-state index in [-0.39, 0.29) is 0 Å². The first-order valence-electron chi connectivity index (χ1n) is 3.68. The zero-order chi connectivity index (χ0) is 9.35. The van der Waals surface area contributed by atoms with Crippen LogP contribution in [0.5, 0.6) is 0 Å². The molecule has 0 bridgehead atoms. The Morgan fingerprint density at radius 2 is 2.08 bits per heavy atom. The molecule has 0 aromatic rings. The van der Waals surface area contributed by atoms with Crippen molar-refractivity contribution in [2.24, 2.45) is 0 Å². The van der Waals surface area contributed by atoms with Crippen LogP contribution in [0.3, 0.4) is 0 Å². The van der Waals surface area contributed by atoms with Crippen LogP contribution in [0, 0.1) is 6.61 Å². The van der Waals surface area contributed by atoms with E-state index in [4.69, 9.17) is 14.9 Å². The molecule has 12 heavy (non-hydrogen) atoms. The van der Waals surface area contributed by atoms with E-state index in [0.29, 0.717) is 0 Å². The first kappa shape index (κ1) is 9.88. The van der Waals surface area contributed by atoms with Gasteiger partial charge in [-0.1, -0.05) is 0 Å². The second kappa shape index (κ2) is 3.27. The van der Waals surface area contributed by atoms with Crippen LogP contribution in [0.2, 0.25) is 0 Å². The fourth-order valence-electron chi connectivity index (χ4n) is 1.08. The Hall–Kier alpha value is -0.200. The average molecular weight is 177 g/mol. The Morgan fingerprint density at radius 1 is 1.50 bits per heavy atom. The van der Waals surface area contributed by atoms with Gasteiger partial charge in [0.2, 0.25) is 0 Å². The van der Waals surface area contributed by atoms with Crippen LogP contribution in [-0.4, -0.2) is 50.9 Å². The predicted octanol–water partition coefficient (Wildman–Crippen LogP) is -1.99. The second-order valence-electron chi connectivity index (χ2n) is 3.11. The molecular formula is C7H13O5. The van der Waals surface area contributed by atoms with E-state index in [1.165, 1.54) is 6.92 Å². The van der Waals surface area contributed by atoms with E-state index in [2.05, 4.69) is 0 Å². The topological polar surface area (TPSA) is 90.2 Å². The van der Waals surface area contributed by atoms with E-state index in [0.717, 1.165) is 6.61 Å². The molecule has 1 heterocycles. The van der Waals surface area contributed by atoms with Gasteiger partial charge in [-0.3, -0.25) is 0 Å². The summed E-state index contributed by atoms with van der Waals surface area (Å²) in [6.07, 6.45) is -3.40. The van der Waals surface area contributed by atoms with Gasteiger partial charge in [0.25, 0.3) is 0 Å². The molecule has 0 amide bonds. The minimum atomic E-state index is -1.66. The van der Waals surface area contributed by atoms with E-state index < -0.39 is 30.5 Å². The number of hydrogen-bond acceptors (Lipinski definition) is 5. The molecule has 5 heteroatoms. The van der Waals surface area contributed by atoms with Crippen LogP contribution in [-0.2, 0) is 4.74 Å². The van der Waals surface area contributed by atoms with Crippen molar-refractivity contribution in [3.8, 4) is 0 Å². The molecule has 0 saturated carbocycles. The van der Waals surface area contributed by atoms with Crippen molar-refractivity contribution in [1.29, 1.82) is 0 Å². The molecular weight excluding hydrogens is 164 g/mol. The van der Waals surface area contributed by atoms with Gasteiger partial charge < -0.3 is 25.2 Å². The molecule has 1 saturated heterocycles. The Labute approximate surface area is 70.2 Å². The average Bonchev–Trinajstić information content (AvgIpc) is 2.02. The van der Waals surface area contributed by atoms with Crippen LogP contribution < -0.4 is 0 Å². The zero-order valence-corrected chi connectivity index (χ0v) is 6.71. The highest BCUT2D eigenvalue weighted by Crippen LogP contribution is 2.27. The SMILES string of the molecule is C[C@]1(O)[C@H](O)[C@@H](CO)O[CH][C@@H]1O. The molecule has 5 nitrogen and oxygen atoms in total. The minimum Gasteiger partial charge on any atom is -0.394 e. The van der Waals surface area contributed by atoms with Gasteiger partial charge in [-0.25, -0.2) is 0 Å². The Balaban J connectivity index is 2.71. The first-order valence-corrected chi connectivity index (χ1v) is 3.68. The highest BCUT2D eigenvalue weighted by atomic mass is 16.5. The summed E-state index contributed by atoms with van der Waals surface area (Å²) in [6.45, 7) is 1.89. The van der Waals surface area contributed by atoms with Crippen LogP contribution in [0.15, 0.2) is 0 Å². The zero-order valence-electron chi connectivity index (χ0n) is 6.71. The summed E-state index contributed by atoms with van der Waals surface area (Å²) in [7, 11) is 0. The maximum Gasteiger partial charge on any atom is 0.119 e. The van der Waals surface area contributed by atoms with Gasteiger partial charge >= 0.3 is 0 Å². The van der Waals surface area contributed by atoms with Gasteiger partial charge in [-0.15, -0.1) is 0 Å². The van der Waals surface area contributed by atoms with E-state index in [1.54, 1.807) is 0 Å². The normalized spacial score (nSPS) is 49.2. The van der Waals surface area contributed by atoms with Gasteiger partial charge in [0, 0.05) is 0 Å². The molecule has 1 rings (SSSR count). The summed E-state index contributed by atoms with van der Waals surface area (Å²) in [6, 6.07) is 0. The summed E-state index contributed by atoms with van der Waals surface area (Å²) >= 11 is 0. The number of aliphatic hydroxyl groups is 4. The van der Waals surface area contributed by atoms with Crippen LogP contribution in [0.25, 0.3) is 0 Å². The lowest BCUT2D eigenvalue weighted by Gasteiger charge is -2.41. The lowest BCUT2D eigenvalue weighted by Crippen LogP contribution is -2.60. The smallest absolute Gasteiger partial charge is 0.119 e. The first-order chi connectivity index (χ1) is 5.50. The van der Waals surface area contributed by atoms with Crippen molar-refractivity contribution < 1.29 is 25.2 Å². The molecule has 0 aromatic heterocycles. The third-order valence-corrected chi connectivity index (χ3v) is 2.11. The van der Waals surface area contributed by atoms with Crippen molar-refractivity contribution in [3.05, 3.63) is 6.61 Å². The molecule has 1 aliphatic heterocycles. The molecule has 0 unspecified atom stereocenters. The number of hydrogen-bond donors (Lipinski definition) is 4. The summed E-state index contributed by atoms with van der Waals surface area (Å²) < 4.78 is 4.75. The molecule has 1 radical (unpaired) electrons. The third kappa shape index (κ3) is 1.46. The van der Waals surface area contributed by atoms with Gasteiger partial charge in [0.15, 0.2) is 0 Å². The van der Waals surface area contributed by atoms with Gasteiger partial charge in [0.05, 0.1) is 6.61 Å². The van der Waals surface area contributed by atoms with E-state index >= 15 is 0 Å². The third-order valence-electron chi connectivity index (χ3n) is 2.11. The molecule has 4 atom stereocenters. The van der Waals surface area contributed by atoms with Gasteiger partial charge in [0.1, 0.15) is 30.5 Å². The van der Waals surface area contributed by atoms with Gasteiger partial charge in [-0.05, 0) is 6.92 Å². The van der Waals surface area contributed by atoms with Crippen molar-refractivity contribution in [2.45, 2.75) is 30.8 Å². The molecule has 71 valence electrons. The number of aliphatic hydroxyl groups excluding tert-OH is 3. The lowest BCUT2D eigenvalue weighted by atomic mass is 9.87. The highest BCUT2D eigenvalue weighted by Gasteiger charge is 2.47. The Kier molecular flexibility index (Phi) is 2.70. The van der Waals surface area contributed by atoms with E-state index in [1.807, 2.05) is 0 Å². The molecule has 0 aromatic carbocycles.